The topological polar surface area (TPSA) is 15.3 Å². The van der Waals surface area contributed by atoms with Gasteiger partial charge >= 0.3 is 0 Å². The zero-order chi connectivity index (χ0) is 11.4. The van der Waals surface area contributed by atoms with E-state index in [1.807, 2.05) is 0 Å². The fourth-order valence-electron chi connectivity index (χ4n) is 2.79. The fraction of sp³-hybridized carbons (Fsp3) is 1.00. The Balaban J connectivity index is 1.84. The predicted octanol–water partition coefficient (Wildman–Crippen LogP) is 2.10. The number of likely N-dealkylation sites (tertiary alicyclic amines) is 1. The van der Waals surface area contributed by atoms with Crippen molar-refractivity contribution in [2.75, 3.05) is 13.1 Å². The van der Waals surface area contributed by atoms with Crippen LogP contribution < -0.4 is 5.32 Å². The number of nitrogens with zero attached hydrogens (tertiary/aromatic N) is 1. The van der Waals surface area contributed by atoms with Gasteiger partial charge in [0.05, 0.1) is 0 Å². The summed E-state index contributed by atoms with van der Waals surface area (Å²) in [6.07, 6.45) is 0. The lowest BCUT2D eigenvalue weighted by molar-refractivity contribution is 0.147. The molecule has 0 amide bonds. The average Bonchev–Trinajstić information content (AvgIpc) is 2.50. The van der Waals surface area contributed by atoms with Crippen molar-refractivity contribution in [2.45, 2.75) is 58.7 Å². The second kappa shape index (κ2) is 3.21. The third-order valence-corrected chi connectivity index (χ3v) is 3.74. The number of nitrogens with one attached hydrogen (secondary N) is 1. The highest BCUT2D eigenvalue weighted by molar-refractivity contribution is 5.12. The summed E-state index contributed by atoms with van der Waals surface area (Å²) in [7, 11) is 0. The van der Waals surface area contributed by atoms with Crippen LogP contribution >= 0.6 is 0 Å². The molecule has 1 aliphatic carbocycles. The molecule has 1 N–H and O–H groups in total. The Morgan fingerprint density at radius 1 is 0.933 bits per heavy atom. The first-order valence-corrected chi connectivity index (χ1v) is 6.21. The summed E-state index contributed by atoms with van der Waals surface area (Å²) >= 11 is 0. The number of hydrogen-bond acceptors (Lipinski definition) is 2. The minimum atomic E-state index is 0.279. The van der Waals surface area contributed by atoms with Crippen LogP contribution in [0, 0.1) is 11.8 Å². The molecule has 2 fully saturated rings. The third kappa shape index (κ3) is 2.36. The molecule has 1 heterocycles. The second-order valence-corrected chi connectivity index (χ2v) is 7.32. The summed E-state index contributed by atoms with van der Waals surface area (Å²) in [4.78, 5) is 2.63. The molecule has 0 radical (unpaired) electrons. The Morgan fingerprint density at radius 2 is 1.40 bits per heavy atom. The molecule has 2 heteroatoms. The Bertz CT molecular complexity index is 234. The zero-order valence-electron chi connectivity index (χ0n) is 11.1. The van der Waals surface area contributed by atoms with Crippen LogP contribution in [0.5, 0.6) is 0 Å². The van der Waals surface area contributed by atoms with Crippen LogP contribution in [0.3, 0.4) is 0 Å². The summed E-state index contributed by atoms with van der Waals surface area (Å²) in [5.74, 6) is 1.84. The number of piperidine rings is 1. The molecule has 1 unspecified atom stereocenters. The van der Waals surface area contributed by atoms with E-state index in [1.54, 1.807) is 0 Å². The van der Waals surface area contributed by atoms with Crippen molar-refractivity contribution in [1.29, 1.82) is 0 Å². The smallest absolute Gasteiger partial charge is 0.0160 e. The maximum atomic E-state index is 3.74. The molecule has 0 bridgehead atoms. The van der Waals surface area contributed by atoms with Gasteiger partial charge in [-0.3, -0.25) is 4.90 Å². The summed E-state index contributed by atoms with van der Waals surface area (Å²) in [6.45, 7) is 16.4. The molecule has 15 heavy (non-hydrogen) atoms. The van der Waals surface area contributed by atoms with Gasteiger partial charge in [0.1, 0.15) is 0 Å². The zero-order valence-corrected chi connectivity index (χ0v) is 11.1. The maximum Gasteiger partial charge on any atom is 0.0160 e. The summed E-state index contributed by atoms with van der Waals surface area (Å²) in [6, 6.07) is 0.795. The monoisotopic (exact) mass is 210 g/mol. The Kier molecular flexibility index (Phi) is 2.44. The molecular weight excluding hydrogens is 184 g/mol. The molecule has 0 aromatic heterocycles. The molecule has 1 saturated heterocycles. The molecule has 1 saturated carbocycles. The highest BCUT2D eigenvalue weighted by atomic mass is 15.3. The van der Waals surface area contributed by atoms with E-state index in [9.17, 15) is 0 Å². The Morgan fingerprint density at radius 3 is 1.73 bits per heavy atom. The largest absolute Gasteiger partial charge is 0.309 e. The van der Waals surface area contributed by atoms with Crippen molar-refractivity contribution in [3.63, 3.8) is 0 Å². The van der Waals surface area contributed by atoms with E-state index in [4.69, 9.17) is 0 Å². The minimum Gasteiger partial charge on any atom is -0.309 e. The van der Waals surface area contributed by atoms with Gasteiger partial charge in [-0.2, -0.15) is 0 Å². The fourth-order valence-corrected chi connectivity index (χ4v) is 2.79. The van der Waals surface area contributed by atoms with Crippen LogP contribution in [-0.4, -0.2) is 35.1 Å². The molecule has 1 aliphatic heterocycles. The van der Waals surface area contributed by atoms with Gasteiger partial charge in [-0.05, 0) is 53.4 Å². The van der Waals surface area contributed by atoms with Crippen molar-refractivity contribution in [3.05, 3.63) is 0 Å². The van der Waals surface area contributed by atoms with Crippen LogP contribution in [-0.2, 0) is 0 Å². The van der Waals surface area contributed by atoms with E-state index in [1.165, 1.54) is 13.1 Å². The SMILES string of the molecule is CC(C)(C)N[C@@H]1C2CN(C(C)(C)C)C[C@H]21. The van der Waals surface area contributed by atoms with Gasteiger partial charge in [0.25, 0.3) is 0 Å². The van der Waals surface area contributed by atoms with Crippen molar-refractivity contribution >= 4 is 0 Å². The van der Waals surface area contributed by atoms with Crippen molar-refractivity contribution in [1.82, 2.24) is 10.2 Å². The van der Waals surface area contributed by atoms with E-state index in [0.29, 0.717) is 5.54 Å². The molecule has 0 aromatic rings. The lowest BCUT2D eigenvalue weighted by atomic mass is 10.1. The van der Waals surface area contributed by atoms with Crippen molar-refractivity contribution < 1.29 is 0 Å². The molecule has 3 atom stereocenters. The molecule has 0 aromatic carbocycles. The van der Waals surface area contributed by atoms with Gasteiger partial charge in [0.15, 0.2) is 0 Å². The normalized spacial score (nSPS) is 36.8. The number of fused-ring (bicyclic) bond motifs is 1. The predicted molar refractivity (Wildman–Crippen MR) is 65.0 cm³/mol. The van der Waals surface area contributed by atoms with Gasteiger partial charge in [-0.15, -0.1) is 0 Å². The van der Waals surface area contributed by atoms with Crippen LogP contribution in [0.15, 0.2) is 0 Å². The van der Waals surface area contributed by atoms with Gasteiger partial charge < -0.3 is 5.32 Å². The molecular formula is C13H26N2. The third-order valence-electron chi connectivity index (χ3n) is 3.74. The van der Waals surface area contributed by atoms with Gasteiger partial charge in [0, 0.05) is 30.2 Å². The van der Waals surface area contributed by atoms with E-state index in [2.05, 4.69) is 51.8 Å². The molecule has 0 spiro atoms. The van der Waals surface area contributed by atoms with Crippen LogP contribution in [0.4, 0.5) is 0 Å². The van der Waals surface area contributed by atoms with E-state index < -0.39 is 0 Å². The number of hydrogen-bond donors (Lipinski definition) is 1. The van der Waals surface area contributed by atoms with Gasteiger partial charge in [-0.1, -0.05) is 0 Å². The quantitative estimate of drug-likeness (QED) is 0.713. The summed E-state index contributed by atoms with van der Waals surface area (Å²) < 4.78 is 0. The standard InChI is InChI=1S/C13H26N2/c1-12(2,3)14-11-9-7-15(8-10(9)11)13(4,5)6/h9-11,14H,7-8H2,1-6H3/t9-,10?,11+/m1/s1. The summed E-state index contributed by atoms with van der Waals surface area (Å²) in [5, 5.41) is 3.74. The molecule has 2 nitrogen and oxygen atoms in total. The highest BCUT2D eigenvalue weighted by Crippen LogP contribution is 2.48. The van der Waals surface area contributed by atoms with E-state index >= 15 is 0 Å². The van der Waals surface area contributed by atoms with Crippen LogP contribution in [0.2, 0.25) is 0 Å². The van der Waals surface area contributed by atoms with E-state index in [0.717, 1.165) is 17.9 Å². The maximum absolute atomic E-state index is 3.74. The second-order valence-electron chi connectivity index (χ2n) is 7.32. The van der Waals surface area contributed by atoms with Crippen molar-refractivity contribution in [2.24, 2.45) is 11.8 Å². The molecule has 2 aliphatic rings. The van der Waals surface area contributed by atoms with E-state index in [-0.39, 0.29) is 5.54 Å². The van der Waals surface area contributed by atoms with Gasteiger partial charge in [0.2, 0.25) is 0 Å². The number of rotatable bonds is 1. The minimum absolute atomic E-state index is 0.279. The average molecular weight is 210 g/mol. The first kappa shape index (κ1) is 11.4. The summed E-state index contributed by atoms with van der Waals surface area (Å²) in [5.41, 5.74) is 0.640. The lowest BCUT2D eigenvalue weighted by Gasteiger charge is -2.34. The van der Waals surface area contributed by atoms with Gasteiger partial charge in [-0.25, -0.2) is 0 Å². The molecule has 88 valence electrons. The van der Waals surface area contributed by atoms with Crippen molar-refractivity contribution in [3.8, 4) is 0 Å². The Hall–Kier alpha value is -0.0800. The van der Waals surface area contributed by atoms with Crippen LogP contribution in [0.25, 0.3) is 0 Å². The first-order chi connectivity index (χ1) is 6.68. The highest BCUT2D eigenvalue weighted by Gasteiger charge is 2.57. The molecule has 2 rings (SSSR count). The lowest BCUT2D eigenvalue weighted by Crippen LogP contribution is -2.46. The van der Waals surface area contributed by atoms with Crippen LogP contribution in [0.1, 0.15) is 41.5 Å². The Labute approximate surface area is 94.4 Å². The first-order valence-electron chi connectivity index (χ1n) is 6.21.